The van der Waals surface area contributed by atoms with Crippen LogP contribution in [-0.4, -0.2) is 212 Å². The van der Waals surface area contributed by atoms with E-state index in [0.717, 1.165) is 27.9 Å². The molecular weight excluding hydrogens is 778 g/mol. The summed E-state index contributed by atoms with van der Waals surface area (Å²) in [4.78, 5) is 61.7. The molecule has 3 heterocycles. The summed E-state index contributed by atoms with van der Waals surface area (Å²) in [5.74, 6) is -8.50. The molecule has 0 radical (unpaired) electrons. The zero-order chi connectivity index (χ0) is 43.1. The van der Waals surface area contributed by atoms with Gasteiger partial charge in [0, 0.05) is 27.2 Å². The topological polar surface area (TPSA) is 391 Å². The number of aliphatic hydroxyl groups is 9. The zero-order valence-corrected chi connectivity index (χ0v) is 31.5. The van der Waals surface area contributed by atoms with Crippen molar-refractivity contribution in [1.82, 2.24) is 16.0 Å². The fourth-order valence-corrected chi connectivity index (χ4v) is 6.54. The fraction of sp³-hybridized carbons (Fsp3) is 0.844. The summed E-state index contributed by atoms with van der Waals surface area (Å²) in [5, 5.41) is 114. The van der Waals surface area contributed by atoms with E-state index < -0.39 is 166 Å². The minimum absolute atomic E-state index is 0.702. The molecular formula is C32H52N3O22-. The Balaban J connectivity index is 2.07. The van der Waals surface area contributed by atoms with Crippen LogP contribution in [0.4, 0.5) is 0 Å². The lowest BCUT2D eigenvalue weighted by atomic mass is 9.88. The predicted octanol–water partition coefficient (Wildman–Crippen LogP) is -9.32. The van der Waals surface area contributed by atoms with Crippen molar-refractivity contribution in [2.24, 2.45) is 0 Å². The predicted molar refractivity (Wildman–Crippen MR) is 177 cm³/mol. The van der Waals surface area contributed by atoms with Gasteiger partial charge in [0.15, 0.2) is 18.6 Å². The maximum absolute atomic E-state index is 12.7. The van der Waals surface area contributed by atoms with E-state index in [1.165, 1.54) is 6.92 Å². The minimum atomic E-state index is -3.05. The van der Waals surface area contributed by atoms with Crippen LogP contribution in [-0.2, 0) is 57.1 Å². The van der Waals surface area contributed by atoms with E-state index in [-0.39, 0.29) is 0 Å². The summed E-state index contributed by atoms with van der Waals surface area (Å²) in [6.45, 7) is 1.36. The van der Waals surface area contributed by atoms with Crippen molar-refractivity contribution >= 4 is 29.7 Å². The van der Waals surface area contributed by atoms with Gasteiger partial charge in [0.2, 0.25) is 23.5 Å². The molecule has 0 aromatic heterocycles. The van der Waals surface area contributed by atoms with E-state index in [1.807, 2.05) is 0 Å². The van der Waals surface area contributed by atoms with E-state index in [9.17, 15) is 75.0 Å². The number of amides is 3. The largest absolute Gasteiger partial charge is 0.544 e. The molecule has 3 aliphatic rings. The van der Waals surface area contributed by atoms with Gasteiger partial charge in [0.25, 0.3) is 0 Å². The molecule has 3 saturated heterocycles. The second-order valence-electron chi connectivity index (χ2n) is 13.8. The van der Waals surface area contributed by atoms with Gasteiger partial charge in [-0.05, 0) is 6.92 Å². The van der Waals surface area contributed by atoms with Gasteiger partial charge in [-0.15, -0.1) is 0 Å². The SMILES string of the molecule is COC(=O)[C@@H](NC(C)=O)[C@@H](C)O[C@H]1O[C@H](CO[C@]2(C(=O)[O-])C[C@H](O)[C@@H](NC(C)=O)[C@H]([C@H](O)[C@H](O)CO)O2)[C@H](O)[C@H](O[C@@H]2O[C@H](CO)[C@H](O)[C@H](O)[C@H]2O)[C@H]1NC(C)=O. The molecule has 3 amide bonds. The van der Waals surface area contributed by atoms with Gasteiger partial charge in [0.05, 0.1) is 45.2 Å². The first-order valence-electron chi connectivity index (χ1n) is 17.6. The number of carbonyl (C=O) groups is 5. The third-order valence-corrected chi connectivity index (χ3v) is 9.47. The van der Waals surface area contributed by atoms with Gasteiger partial charge in [-0.3, -0.25) is 14.4 Å². The van der Waals surface area contributed by atoms with Crippen molar-refractivity contribution in [3.63, 3.8) is 0 Å². The van der Waals surface area contributed by atoms with Gasteiger partial charge < -0.3 is 105 Å². The number of carboxylic acids is 1. The normalized spacial score (nSPS) is 37.8. The average molecular weight is 831 g/mol. The van der Waals surface area contributed by atoms with Crippen molar-refractivity contribution in [3.05, 3.63) is 0 Å². The number of ether oxygens (including phenoxy) is 7. The molecule has 3 rings (SSSR count). The van der Waals surface area contributed by atoms with Crippen LogP contribution in [0.5, 0.6) is 0 Å². The highest BCUT2D eigenvalue weighted by Gasteiger charge is 2.56. The van der Waals surface area contributed by atoms with E-state index in [2.05, 4.69) is 16.0 Å². The Bertz CT molecular complexity index is 1390. The summed E-state index contributed by atoms with van der Waals surface area (Å²) in [6, 6.07) is -4.75. The van der Waals surface area contributed by atoms with Crippen LogP contribution in [0.15, 0.2) is 0 Å². The third kappa shape index (κ3) is 11.5. The number of nitrogens with one attached hydrogen (secondary N) is 3. The van der Waals surface area contributed by atoms with E-state index >= 15 is 0 Å². The molecule has 18 atom stereocenters. The Morgan fingerprint density at radius 2 is 1.44 bits per heavy atom. The second kappa shape index (κ2) is 20.6. The lowest BCUT2D eigenvalue weighted by molar-refractivity contribution is -0.389. The van der Waals surface area contributed by atoms with E-state index in [4.69, 9.17) is 33.2 Å². The zero-order valence-electron chi connectivity index (χ0n) is 31.5. The molecule has 25 nitrogen and oxygen atoms in total. The molecule has 0 aromatic carbocycles. The molecule has 57 heavy (non-hydrogen) atoms. The maximum atomic E-state index is 12.7. The molecule has 25 heteroatoms. The number of methoxy groups -OCH3 is 1. The molecule has 328 valence electrons. The molecule has 0 bridgehead atoms. The molecule has 12 N–H and O–H groups in total. The van der Waals surface area contributed by atoms with E-state index in [1.54, 1.807) is 0 Å². The maximum Gasteiger partial charge on any atom is 0.331 e. The first kappa shape index (κ1) is 48.1. The quantitative estimate of drug-likeness (QED) is 0.0606. The first-order valence-corrected chi connectivity index (χ1v) is 17.6. The summed E-state index contributed by atoms with van der Waals surface area (Å²) >= 11 is 0. The number of aliphatic hydroxyl groups excluding tert-OH is 9. The monoisotopic (exact) mass is 830 g/mol. The Morgan fingerprint density at radius 3 is 1.96 bits per heavy atom. The van der Waals surface area contributed by atoms with Crippen molar-refractivity contribution in [3.8, 4) is 0 Å². The van der Waals surface area contributed by atoms with Crippen molar-refractivity contribution in [1.29, 1.82) is 0 Å². The number of esters is 1. The van der Waals surface area contributed by atoms with Crippen molar-refractivity contribution in [2.75, 3.05) is 26.9 Å². The number of rotatable bonds is 17. The molecule has 3 fully saturated rings. The highest BCUT2D eigenvalue weighted by molar-refractivity contribution is 5.83. The molecule has 0 saturated carbocycles. The van der Waals surface area contributed by atoms with Crippen LogP contribution < -0.4 is 21.1 Å². The first-order chi connectivity index (χ1) is 26.6. The molecule has 3 aliphatic heterocycles. The summed E-state index contributed by atoms with van der Waals surface area (Å²) in [6.07, 6.45) is -27.4. The van der Waals surface area contributed by atoms with Gasteiger partial charge in [0.1, 0.15) is 73.1 Å². The van der Waals surface area contributed by atoms with Crippen molar-refractivity contribution in [2.45, 2.75) is 144 Å². The Labute approximate surface area is 324 Å². The summed E-state index contributed by atoms with van der Waals surface area (Å²) < 4.78 is 39.1. The number of hydrogen-bond donors (Lipinski definition) is 12. The molecule has 0 aliphatic carbocycles. The van der Waals surface area contributed by atoms with Gasteiger partial charge in [-0.25, -0.2) is 4.79 Å². The fourth-order valence-electron chi connectivity index (χ4n) is 6.54. The average Bonchev–Trinajstić information content (AvgIpc) is 3.14. The minimum Gasteiger partial charge on any atom is -0.544 e. The number of carbonyl (C=O) groups excluding carboxylic acids is 5. The van der Waals surface area contributed by atoms with Crippen LogP contribution in [0.2, 0.25) is 0 Å². The highest BCUT2D eigenvalue weighted by Crippen LogP contribution is 2.36. The third-order valence-electron chi connectivity index (χ3n) is 9.47. The lowest BCUT2D eigenvalue weighted by Gasteiger charge is -2.50. The molecule has 0 unspecified atom stereocenters. The van der Waals surface area contributed by atoms with Crippen LogP contribution in [0, 0.1) is 0 Å². The Kier molecular flexibility index (Phi) is 17.4. The van der Waals surface area contributed by atoms with Crippen LogP contribution in [0.1, 0.15) is 34.1 Å². The van der Waals surface area contributed by atoms with Gasteiger partial charge in [-0.2, -0.15) is 0 Å². The van der Waals surface area contributed by atoms with E-state index in [0.29, 0.717) is 0 Å². The lowest BCUT2D eigenvalue weighted by Crippen LogP contribution is -2.71. The highest BCUT2D eigenvalue weighted by atomic mass is 16.8. The van der Waals surface area contributed by atoms with Crippen LogP contribution >= 0.6 is 0 Å². The standard InChI is InChI=1S/C32H53N3O22/c1-10(18(28(48)51-5)33-11(2)38)53-29-20(35-13(4)40)26(56-30-25(47)24(46)22(44)16(8-37)54-30)23(45)17(55-29)9-52-32(31(49)50)6-14(41)19(34-12(3)39)27(57-32)21(43)15(42)7-36/h10,14-27,29-30,36-37,41-47H,6-9H2,1-5H3,(H,33,38)(H,34,39)(H,35,40)(H,49,50)/p-1/t10-,14+,15-,16-,17-,18+,19-,20-,21-,22+,23+,24+,25-,26-,27-,29+,30+,32-/m1/s1. The van der Waals surface area contributed by atoms with Gasteiger partial charge in [-0.1, -0.05) is 0 Å². The number of aliphatic carboxylic acids is 1. The Morgan fingerprint density at radius 1 is 0.842 bits per heavy atom. The smallest absolute Gasteiger partial charge is 0.331 e. The summed E-state index contributed by atoms with van der Waals surface area (Å²) in [7, 11) is 1.01. The summed E-state index contributed by atoms with van der Waals surface area (Å²) in [5.41, 5.74) is 0. The second-order valence-corrected chi connectivity index (χ2v) is 13.8. The molecule has 0 aromatic rings. The number of hydrogen-bond acceptors (Lipinski definition) is 22. The van der Waals surface area contributed by atoms with Crippen LogP contribution in [0.25, 0.3) is 0 Å². The van der Waals surface area contributed by atoms with Crippen LogP contribution in [0.3, 0.4) is 0 Å². The Hall–Kier alpha value is -3.25. The van der Waals surface area contributed by atoms with Crippen molar-refractivity contribution < 1.29 is 108 Å². The molecule has 0 spiro atoms. The number of carboxylic acid groups (broad SMARTS) is 1. The van der Waals surface area contributed by atoms with Gasteiger partial charge >= 0.3 is 5.97 Å².